The van der Waals surface area contributed by atoms with Crippen LogP contribution in [0.2, 0.25) is 0 Å². The number of hydrogen-bond donors (Lipinski definition) is 1. The summed E-state index contributed by atoms with van der Waals surface area (Å²) in [6.07, 6.45) is 6.77. The summed E-state index contributed by atoms with van der Waals surface area (Å²) in [6.45, 7) is 4.56. The van der Waals surface area contributed by atoms with Crippen LogP contribution in [0.5, 0.6) is 0 Å². The molecule has 1 amide bonds. The molecule has 1 aliphatic rings. The lowest BCUT2D eigenvalue weighted by molar-refractivity contribution is 0.0505. The predicted molar refractivity (Wildman–Crippen MR) is 98.3 cm³/mol. The first-order chi connectivity index (χ1) is 12.1. The molecule has 132 valence electrons. The van der Waals surface area contributed by atoms with Crippen LogP contribution < -0.4 is 5.32 Å². The van der Waals surface area contributed by atoms with Gasteiger partial charge in [-0.05, 0) is 49.3 Å². The first-order valence-corrected chi connectivity index (χ1v) is 9.44. The summed E-state index contributed by atoms with van der Waals surface area (Å²) in [5.41, 5.74) is 2.11. The molecule has 0 unspecified atom stereocenters. The van der Waals surface area contributed by atoms with E-state index in [-0.39, 0.29) is 11.9 Å². The van der Waals surface area contributed by atoms with E-state index < -0.39 is 0 Å². The van der Waals surface area contributed by atoms with Crippen molar-refractivity contribution in [3.8, 4) is 0 Å². The molecule has 0 aliphatic heterocycles. The number of fused-ring (bicyclic) bond motifs is 1. The molecule has 1 atom stereocenters. The number of pyridine rings is 1. The second-order valence-corrected chi connectivity index (χ2v) is 7.49. The van der Waals surface area contributed by atoms with Gasteiger partial charge in [-0.15, -0.1) is 11.3 Å². The molecule has 0 saturated carbocycles. The van der Waals surface area contributed by atoms with Gasteiger partial charge in [0.25, 0.3) is 5.91 Å². The first kappa shape index (κ1) is 17.6. The van der Waals surface area contributed by atoms with Crippen molar-refractivity contribution in [1.29, 1.82) is 0 Å². The van der Waals surface area contributed by atoms with Crippen LogP contribution in [0.3, 0.4) is 0 Å². The third kappa shape index (κ3) is 3.90. The molecule has 6 heteroatoms. The molecule has 3 rings (SSSR count). The number of ether oxygens (including phenoxy) is 1. The van der Waals surface area contributed by atoms with Gasteiger partial charge in [-0.25, -0.2) is 4.79 Å². The topological polar surface area (TPSA) is 68.3 Å². The molecule has 0 radical (unpaired) electrons. The second kappa shape index (κ2) is 7.78. The molecule has 0 aromatic carbocycles. The van der Waals surface area contributed by atoms with E-state index in [9.17, 15) is 9.59 Å². The molecular formula is C19H22N2O3S. The molecule has 0 saturated heterocycles. The number of amides is 1. The van der Waals surface area contributed by atoms with Crippen molar-refractivity contribution < 1.29 is 14.3 Å². The zero-order chi connectivity index (χ0) is 17.8. The van der Waals surface area contributed by atoms with Gasteiger partial charge in [0.05, 0.1) is 12.2 Å². The van der Waals surface area contributed by atoms with Crippen molar-refractivity contribution in [2.75, 3.05) is 11.9 Å². The quantitative estimate of drug-likeness (QED) is 0.818. The number of aromatic nitrogens is 1. The normalized spacial score (nSPS) is 16.2. The monoisotopic (exact) mass is 358 g/mol. The van der Waals surface area contributed by atoms with Gasteiger partial charge in [0.2, 0.25) is 0 Å². The van der Waals surface area contributed by atoms with Crippen molar-refractivity contribution in [3.05, 3.63) is 46.1 Å². The average Bonchev–Trinajstić information content (AvgIpc) is 2.97. The SMILES string of the molecule is CCCOC(=O)c1c(NC(=O)c2ccncc2)sc2c1CC[C@H](C)C2. The maximum absolute atomic E-state index is 12.6. The standard InChI is InChI=1S/C19H22N2O3S/c1-3-10-24-19(23)16-14-5-4-12(2)11-15(14)25-18(16)21-17(22)13-6-8-20-9-7-13/h6-9,12H,3-5,10-11H2,1-2H3,(H,21,22)/t12-/m0/s1. The van der Waals surface area contributed by atoms with Gasteiger partial charge in [0.1, 0.15) is 5.00 Å². The fourth-order valence-corrected chi connectivity index (χ4v) is 4.39. The molecule has 2 heterocycles. The summed E-state index contributed by atoms with van der Waals surface area (Å²) in [4.78, 5) is 30.2. The molecule has 0 fully saturated rings. The number of anilines is 1. The number of hydrogen-bond acceptors (Lipinski definition) is 5. The van der Waals surface area contributed by atoms with E-state index >= 15 is 0 Å². The van der Waals surface area contributed by atoms with Crippen LogP contribution in [-0.2, 0) is 17.6 Å². The van der Waals surface area contributed by atoms with Crippen LogP contribution >= 0.6 is 11.3 Å². The van der Waals surface area contributed by atoms with Crippen molar-refractivity contribution in [2.45, 2.75) is 39.5 Å². The zero-order valence-corrected chi connectivity index (χ0v) is 15.3. The van der Waals surface area contributed by atoms with Gasteiger partial charge in [-0.1, -0.05) is 13.8 Å². The van der Waals surface area contributed by atoms with Crippen LogP contribution in [-0.4, -0.2) is 23.5 Å². The van der Waals surface area contributed by atoms with Gasteiger partial charge >= 0.3 is 5.97 Å². The minimum atomic E-state index is -0.334. The highest BCUT2D eigenvalue weighted by molar-refractivity contribution is 7.17. The molecule has 2 aromatic rings. The number of esters is 1. The Labute approximate surface area is 151 Å². The maximum Gasteiger partial charge on any atom is 0.341 e. The molecule has 2 aromatic heterocycles. The number of carbonyl (C=O) groups is 2. The molecule has 0 bridgehead atoms. The Bertz CT molecular complexity index is 770. The van der Waals surface area contributed by atoms with Crippen LogP contribution in [0.15, 0.2) is 24.5 Å². The second-order valence-electron chi connectivity index (χ2n) is 6.38. The van der Waals surface area contributed by atoms with E-state index in [1.165, 1.54) is 16.2 Å². The Morgan fingerprint density at radius 1 is 1.36 bits per heavy atom. The first-order valence-electron chi connectivity index (χ1n) is 8.63. The summed E-state index contributed by atoms with van der Waals surface area (Å²) >= 11 is 1.50. The Balaban J connectivity index is 1.92. The lowest BCUT2D eigenvalue weighted by Crippen LogP contribution is -2.17. The Hall–Kier alpha value is -2.21. The average molecular weight is 358 g/mol. The highest BCUT2D eigenvalue weighted by Gasteiger charge is 2.29. The van der Waals surface area contributed by atoms with E-state index in [4.69, 9.17) is 4.74 Å². The Morgan fingerprint density at radius 3 is 2.84 bits per heavy atom. The van der Waals surface area contributed by atoms with Crippen molar-refractivity contribution >= 4 is 28.2 Å². The van der Waals surface area contributed by atoms with Gasteiger partial charge in [0.15, 0.2) is 0 Å². The molecule has 1 N–H and O–H groups in total. The predicted octanol–water partition coefficient (Wildman–Crippen LogP) is 4.09. The summed E-state index contributed by atoms with van der Waals surface area (Å²) < 4.78 is 5.36. The van der Waals surface area contributed by atoms with Crippen LogP contribution in [0.1, 0.15) is 57.8 Å². The van der Waals surface area contributed by atoms with Gasteiger partial charge < -0.3 is 10.1 Å². The third-order valence-electron chi connectivity index (χ3n) is 4.32. The van der Waals surface area contributed by atoms with Crippen LogP contribution in [0.4, 0.5) is 5.00 Å². The van der Waals surface area contributed by atoms with Crippen LogP contribution in [0.25, 0.3) is 0 Å². The van der Waals surface area contributed by atoms with Gasteiger partial charge in [-0.3, -0.25) is 9.78 Å². The summed E-state index contributed by atoms with van der Waals surface area (Å²) in [6, 6.07) is 3.31. The zero-order valence-electron chi connectivity index (χ0n) is 14.5. The molecule has 25 heavy (non-hydrogen) atoms. The summed E-state index contributed by atoms with van der Waals surface area (Å²) in [5.74, 6) is 0.0203. The lowest BCUT2D eigenvalue weighted by atomic mass is 9.88. The van der Waals surface area contributed by atoms with Gasteiger partial charge in [0, 0.05) is 22.8 Å². The number of nitrogens with one attached hydrogen (secondary N) is 1. The highest BCUT2D eigenvalue weighted by Crippen LogP contribution is 2.40. The van der Waals surface area contributed by atoms with E-state index in [2.05, 4.69) is 17.2 Å². The minimum absolute atomic E-state index is 0.237. The fraction of sp³-hybridized carbons (Fsp3) is 0.421. The van der Waals surface area contributed by atoms with Crippen molar-refractivity contribution in [1.82, 2.24) is 4.98 Å². The van der Waals surface area contributed by atoms with E-state index in [0.717, 1.165) is 31.2 Å². The third-order valence-corrected chi connectivity index (χ3v) is 5.49. The van der Waals surface area contributed by atoms with Gasteiger partial charge in [-0.2, -0.15) is 0 Å². The number of rotatable bonds is 5. The fourth-order valence-electron chi connectivity index (χ4n) is 3.00. The number of carbonyl (C=O) groups excluding carboxylic acids is 2. The number of nitrogens with zero attached hydrogens (tertiary/aromatic N) is 1. The van der Waals surface area contributed by atoms with Crippen LogP contribution in [0, 0.1) is 5.92 Å². The van der Waals surface area contributed by atoms with E-state index in [1.54, 1.807) is 24.5 Å². The van der Waals surface area contributed by atoms with Crippen molar-refractivity contribution in [3.63, 3.8) is 0 Å². The molecular weight excluding hydrogens is 336 g/mol. The maximum atomic E-state index is 12.6. The lowest BCUT2D eigenvalue weighted by Gasteiger charge is -2.18. The van der Waals surface area contributed by atoms with Crippen molar-refractivity contribution in [2.24, 2.45) is 5.92 Å². The molecule has 0 spiro atoms. The van der Waals surface area contributed by atoms with E-state index in [1.807, 2.05) is 6.92 Å². The largest absolute Gasteiger partial charge is 0.462 e. The summed E-state index contributed by atoms with van der Waals surface area (Å²) in [7, 11) is 0. The van der Waals surface area contributed by atoms with E-state index in [0.29, 0.717) is 28.7 Å². The minimum Gasteiger partial charge on any atom is -0.462 e. The Kier molecular flexibility index (Phi) is 5.48. The smallest absolute Gasteiger partial charge is 0.341 e. The molecule has 5 nitrogen and oxygen atoms in total. The molecule has 1 aliphatic carbocycles. The Morgan fingerprint density at radius 2 is 2.12 bits per heavy atom. The highest BCUT2D eigenvalue weighted by atomic mass is 32.1. The number of thiophene rings is 1. The summed E-state index contributed by atoms with van der Waals surface area (Å²) in [5, 5.41) is 3.51.